The van der Waals surface area contributed by atoms with E-state index < -0.39 is 0 Å². The molecule has 1 aromatic heterocycles. The molecule has 1 saturated heterocycles. The fraction of sp³-hybridized carbons (Fsp3) is 0.474. The zero-order chi connectivity index (χ0) is 17.4. The molecule has 2 aromatic rings. The smallest absolute Gasteiger partial charge is 0.229 e. The Morgan fingerprint density at radius 3 is 3.04 bits per heavy atom. The van der Waals surface area contributed by atoms with Crippen LogP contribution in [0.2, 0.25) is 0 Å². The van der Waals surface area contributed by atoms with Gasteiger partial charge in [0, 0.05) is 31.4 Å². The molecule has 6 nitrogen and oxygen atoms in total. The second-order valence-corrected chi connectivity index (χ2v) is 6.82. The third kappa shape index (κ3) is 2.97. The normalized spacial score (nSPS) is 22.4. The van der Waals surface area contributed by atoms with Crippen LogP contribution in [0, 0.1) is 5.92 Å². The van der Waals surface area contributed by atoms with Crippen LogP contribution >= 0.6 is 0 Å². The quantitative estimate of drug-likeness (QED) is 0.860. The average Bonchev–Trinajstić information content (AvgIpc) is 3.28. The highest BCUT2D eigenvalue weighted by Crippen LogP contribution is 2.36. The molecular formula is C19H23N3O3. The molecule has 25 heavy (non-hydrogen) atoms. The Kier molecular flexibility index (Phi) is 4.11. The van der Waals surface area contributed by atoms with Gasteiger partial charge in [-0.15, -0.1) is 0 Å². The first-order valence-corrected chi connectivity index (χ1v) is 8.74. The van der Waals surface area contributed by atoms with Crippen molar-refractivity contribution in [3.63, 3.8) is 0 Å². The SMILES string of the molecule is COc1ccc2c(c1)OC[C@H](C(=O)N1CCC[C@@H]1c1cnn(C)c1)C2. The number of amides is 1. The summed E-state index contributed by atoms with van der Waals surface area (Å²) >= 11 is 0. The van der Waals surface area contributed by atoms with E-state index in [4.69, 9.17) is 9.47 Å². The minimum atomic E-state index is -0.127. The Labute approximate surface area is 147 Å². The highest BCUT2D eigenvalue weighted by Gasteiger charge is 2.36. The van der Waals surface area contributed by atoms with Crippen LogP contribution in [-0.4, -0.2) is 40.8 Å². The number of aromatic nitrogens is 2. The van der Waals surface area contributed by atoms with Gasteiger partial charge in [-0.25, -0.2) is 0 Å². The number of hydrogen-bond donors (Lipinski definition) is 0. The van der Waals surface area contributed by atoms with Gasteiger partial charge in [0.1, 0.15) is 18.1 Å². The van der Waals surface area contributed by atoms with Crippen molar-refractivity contribution < 1.29 is 14.3 Å². The van der Waals surface area contributed by atoms with Crippen LogP contribution in [0.4, 0.5) is 0 Å². The molecule has 2 atom stereocenters. The van der Waals surface area contributed by atoms with Gasteiger partial charge in [0.2, 0.25) is 5.91 Å². The van der Waals surface area contributed by atoms with Crippen molar-refractivity contribution in [1.29, 1.82) is 0 Å². The Morgan fingerprint density at radius 2 is 2.28 bits per heavy atom. The van der Waals surface area contributed by atoms with Crippen LogP contribution in [-0.2, 0) is 18.3 Å². The fourth-order valence-electron chi connectivity index (χ4n) is 3.86. The van der Waals surface area contributed by atoms with E-state index in [9.17, 15) is 4.79 Å². The predicted molar refractivity (Wildman–Crippen MR) is 92.6 cm³/mol. The molecule has 0 unspecified atom stereocenters. The van der Waals surface area contributed by atoms with E-state index in [0.717, 1.165) is 42.0 Å². The van der Waals surface area contributed by atoms with Crippen LogP contribution in [0.25, 0.3) is 0 Å². The van der Waals surface area contributed by atoms with Gasteiger partial charge in [-0.1, -0.05) is 6.07 Å². The summed E-state index contributed by atoms with van der Waals surface area (Å²) in [6, 6.07) is 5.95. The number of likely N-dealkylation sites (tertiary alicyclic amines) is 1. The van der Waals surface area contributed by atoms with Crippen LogP contribution in [0.15, 0.2) is 30.6 Å². The highest BCUT2D eigenvalue weighted by molar-refractivity contribution is 5.80. The number of nitrogens with zero attached hydrogens (tertiary/aromatic N) is 3. The van der Waals surface area contributed by atoms with Crippen LogP contribution in [0.5, 0.6) is 11.5 Å². The van der Waals surface area contributed by atoms with Crippen molar-refractivity contribution in [1.82, 2.24) is 14.7 Å². The van der Waals surface area contributed by atoms with Gasteiger partial charge in [0.15, 0.2) is 0 Å². The minimum Gasteiger partial charge on any atom is -0.497 e. The van der Waals surface area contributed by atoms with Gasteiger partial charge in [-0.2, -0.15) is 5.10 Å². The number of benzene rings is 1. The summed E-state index contributed by atoms with van der Waals surface area (Å²) in [5, 5.41) is 4.26. The zero-order valence-corrected chi connectivity index (χ0v) is 14.6. The van der Waals surface area contributed by atoms with Crippen molar-refractivity contribution in [3.05, 3.63) is 41.7 Å². The highest BCUT2D eigenvalue weighted by atomic mass is 16.5. The Morgan fingerprint density at radius 1 is 1.40 bits per heavy atom. The number of rotatable bonds is 3. The van der Waals surface area contributed by atoms with Crippen molar-refractivity contribution in [2.75, 3.05) is 20.3 Å². The molecule has 0 radical (unpaired) electrons. The second kappa shape index (κ2) is 6.43. The van der Waals surface area contributed by atoms with Crippen molar-refractivity contribution in [2.24, 2.45) is 13.0 Å². The number of carbonyl (C=O) groups excluding carboxylic acids is 1. The molecule has 4 rings (SSSR count). The van der Waals surface area contributed by atoms with E-state index >= 15 is 0 Å². The first-order valence-electron chi connectivity index (χ1n) is 8.74. The second-order valence-electron chi connectivity index (χ2n) is 6.82. The summed E-state index contributed by atoms with van der Waals surface area (Å²) in [5.74, 6) is 1.67. The lowest BCUT2D eigenvalue weighted by atomic mass is 9.94. The topological polar surface area (TPSA) is 56.6 Å². The zero-order valence-electron chi connectivity index (χ0n) is 14.6. The van der Waals surface area contributed by atoms with Crippen LogP contribution < -0.4 is 9.47 Å². The van der Waals surface area contributed by atoms with E-state index in [1.807, 2.05) is 42.5 Å². The molecule has 0 bridgehead atoms. The summed E-state index contributed by atoms with van der Waals surface area (Å²) in [4.78, 5) is 15.1. The van der Waals surface area contributed by atoms with E-state index in [-0.39, 0.29) is 17.9 Å². The number of hydrogen-bond acceptors (Lipinski definition) is 4. The molecule has 0 spiro atoms. The molecule has 2 aliphatic rings. The molecule has 132 valence electrons. The molecule has 1 aromatic carbocycles. The number of fused-ring (bicyclic) bond motifs is 1. The molecule has 0 N–H and O–H groups in total. The number of methoxy groups -OCH3 is 1. The van der Waals surface area contributed by atoms with E-state index in [2.05, 4.69) is 5.10 Å². The van der Waals surface area contributed by atoms with Crippen LogP contribution in [0.3, 0.4) is 0 Å². The number of carbonyl (C=O) groups is 1. The molecule has 3 heterocycles. The summed E-state index contributed by atoms with van der Waals surface area (Å²) in [5.41, 5.74) is 2.19. The lowest BCUT2D eigenvalue weighted by molar-refractivity contribution is -0.137. The number of ether oxygens (including phenoxy) is 2. The maximum absolute atomic E-state index is 13.1. The van der Waals surface area contributed by atoms with Crippen LogP contribution in [0.1, 0.15) is 30.0 Å². The molecular weight excluding hydrogens is 318 g/mol. The Bertz CT molecular complexity index is 786. The standard InChI is InChI=1S/C19H23N3O3/c1-21-11-15(10-20-21)17-4-3-7-22(17)19(23)14-8-13-5-6-16(24-2)9-18(13)25-12-14/h5-6,9-11,14,17H,3-4,7-8,12H2,1-2H3/t14-,17-/m1/s1. The third-order valence-corrected chi connectivity index (χ3v) is 5.18. The van der Waals surface area contributed by atoms with E-state index in [0.29, 0.717) is 13.0 Å². The first kappa shape index (κ1) is 16.0. The van der Waals surface area contributed by atoms with Crippen molar-refractivity contribution in [2.45, 2.75) is 25.3 Å². The average molecular weight is 341 g/mol. The van der Waals surface area contributed by atoms with Crippen molar-refractivity contribution in [3.8, 4) is 11.5 Å². The van der Waals surface area contributed by atoms with E-state index in [1.165, 1.54) is 0 Å². The van der Waals surface area contributed by atoms with Gasteiger partial charge in [0.05, 0.1) is 25.3 Å². The van der Waals surface area contributed by atoms with Crippen molar-refractivity contribution >= 4 is 5.91 Å². The lowest BCUT2D eigenvalue weighted by Crippen LogP contribution is -2.40. The number of aryl methyl sites for hydroxylation is 1. The summed E-state index contributed by atoms with van der Waals surface area (Å²) < 4.78 is 12.9. The summed E-state index contributed by atoms with van der Waals surface area (Å²) in [7, 11) is 3.55. The molecule has 6 heteroatoms. The van der Waals surface area contributed by atoms with E-state index in [1.54, 1.807) is 11.8 Å². The minimum absolute atomic E-state index is 0.127. The van der Waals surface area contributed by atoms with Gasteiger partial charge in [-0.3, -0.25) is 9.48 Å². The molecule has 1 amide bonds. The van der Waals surface area contributed by atoms with Gasteiger partial charge in [0.25, 0.3) is 0 Å². The molecule has 0 saturated carbocycles. The first-order chi connectivity index (χ1) is 12.2. The monoisotopic (exact) mass is 341 g/mol. The van der Waals surface area contributed by atoms with Gasteiger partial charge in [-0.05, 0) is 30.9 Å². The maximum Gasteiger partial charge on any atom is 0.229 e. The predicted octanol–water partition coefficient (Wildman–Crippen LogP) is 2.34. The van der Waals surface area contributed by atoms with Gasteiger partial charge >= 0.3 is 0 Å². The van der Waals surface area contributed by atoms with Gasteiger partial charge < -0.3 is 14.4 Å². The molecule has 0 aliphatic carbocycles. The summed E-state index contributed by atoms with van der Waals surface area (Å²) in [6.45, 7) is 1.24. The lowest BCUT2D eigenvalue weighted by Gasteiger charge is -2.31. The maximum atomic E-state index is 13.1. The third-order valence-electron chi connectivity index (χ3n) is 5.18. The fourth-order valence-corrected chi connectivity index (χ4v) is 3.86. The molecule has 2 aliphatic heterocycles. The summed E-state index contributed by atoms with van der Waals surface area (Å²) in [6.07, 6.45) is 6.63. The largest absolute Gasteiger partial charge is 0.497 e. The Balaban J connectivity index is 1.51. The molecule has 1 fully saturated rings. The Hall–Kier alpha value is -2.50.